The number of urea groups is 1. The monoisotopic (exact) mass is 1420 g/mol. The standard InChI is InChI=1S/C75H152N4O13P2.2Na/c1-5-9-13-17-21-25-29-31-33-35-37-41-45-49-53-57-63-87-67-71(78-73(80)59-55-51-47-43-39-27-23-19-15-11-7-3)69-91-93(83,84)89-65-61-76-75(82)77-62-66-90-94(85,86)92-70-72(79-74(81)60-56-52-48-44-40-28-24-20-16-12-8-4)68-88-64-58-54-50-46-42-38-36-34-32-30-26-22-18-14-10-6-2;;/h71-72H,5-70H2,1-4H3,(H,78,80)(H,79,81)(H,83,84)(H,85,86)(H2,76,77,82);;/q;2*+1/p-2/t71-,72-;;/m0../s1. The third kappa shape index (κ3) is 78.5. The summed E-state index contributed by atoms with van der Waals surface area (Å²) in [6.07, 6.45) is 67.3. The Morgan fingerprint density at radius 1 is 0.292 bits per heavy atom. The van der Waals surface area contributed by atoms with E-state index in [4.69, 9.17) is 27.6 Å². The predicted molar refractivity (Wildman–Crippen MR) is 387 cm³/mol. The fourth-order valence-corrected chi connectivity index (χ4v) is 13.4. The van der Waals surface area contributed by atoms with Gasteiger partial charge in [0.15, 0.2) is 0 Å². The quantitative estimate of drug-likeness (QED) is 0.0252. The van der Waals surface area contributed by atoms with Crippen LogP contribution in [0, 0.1) is 0 Å². The van der Waals surface area contributed by atoms with Crippen molar-refractivity contribution in [2.24, 2.45) is 0 Å². The molecule has 0 aliphatic rings. The van der Waals surface area contributed by atoms with Gasteiger partial charge in [0.05, 0.1) is 51.7 Å². The Bertz CT molecular complexity index is 1620. The van der Waals surface area contributed by atoms with Gasteiger partial charge in [-0.1, -0.05) is 349 Å². The van der Waals surface area contributed by atoms with E-state index in [1.807, 2.05) is 0 Å². The molecule has 0 heterocycles. The molecule has 4 N–H and O–H groups in total. The number of ether oxygens (including phenoxy) is 2. The topological polar surface area (TPSA) is 235 Å². The van der Waals surface area contributed by atoms with Gasteiger partial charge in [0, 0.05) is 39.1 Å². The van der Waals surface area contributed by atoms with Gasteiger partial charge in [-0.15, -0.1) is 0 Å². The van der Waals surface area contributed by atoms with Gasteiger partial charge in [0.1, 0.15) is 0 Å². The maximum atomic E-state index is 13.0. The molecule has 0 rings (SSSR count). The largest absolute Gasteiger partial charge is 1.00 e. The number of hydrogen-bond acceptors (Lipinski definition) is 13. The van der Waals surface area contributed by atoms with Gasteiger partial charge < -0.3 is 58.6 Å². The first-order chi connectivity index (χ1) is 45.9. The smallest absolute Gasteiger partial charge is 0.756 e. The van der Waals surface area contributed by atoms with Gasteiger partial charge in [-0.3, -0.25) is 18.7 Å². The van der Waals surface area contributed by atoms with Crippen molar-refractivity contribution >= 4 is 33.5 Å². The van der Waals surface area contributed by atoms with Crippen molar-refractivity contribution < 1.29 is 120 Å². The molecular formula is C75H150N4Na2O13P2. The number of rotatable bonds is 78. The number of nitrogens with one attached hydrogen (secondary N) is 4. The summed E-state index contributed by atoms with van der Waals surface area (Å²) in [7, 11) is -9.68. The predicted octanol–water partition coefficient (Wildman–Crippen LogP) is 14.2. The van der Waals surface area contributed by atoms with Gasteiger partial charge in [-0.25, -0.2) is 4.79 Å². The van der Waals surface area contributed by atoms with Gasteiger partial charge >= 0.3 is 65.1 Å². The third-order valence-electron chi connectivity index (χ3n) is 17.8. The van der Waals surface area contributed by atoms with Gasteiger partial charge in [-0.05, 0) is 25.7 Å². The zero-order valence-corrected chi connectivity index (χ0v) is 69.3. The first-order valence-electron chi connectivity index (χ1n) is 39.8. The molecule has 0 saturated heterocycles. The van der Waals surface area contributed by atoms with E-state index >= 15 is 0 Å². The molecule has 0 saturated carbocycles. The first-order valence-corrected chi connectivity index (χ1v) is 42.8. The van der Waals surface area contributed by atoms with E-state index in [1.54, 1.807) is 0 Å². The van der Waals surface area contributed by atoms with Crippen LogP contribution in [0.25, 0.3) is 0 Å². The molecule has 0 aromatic heterocycles. The minimum Gasteiger partial charge on any atom is -0.756 e. The second-order valence-electron chi connectivity index (χ2n) is 27.2. The van der Waals surface area contributed by atoms with Crippen LogP contribution in [0.5, 0.6) is 0 Å². The Kier molecular flexibility index (Phi) is 83.2. The molecule has 0 aromatic rings. The molecule has 17 nitrogen and oxygen atoms in total. The molecule has 0 radical (unpaired) electrons. The average molecular weight is 1420 g/mol. The van der Waals surface area contributed by atoms with Gasteiger partial charge in [0.2, 0.25) is 11.8 Å². The van der Waals surface area contributed by atoms with Gasteiger partial charge in [-0.2, -0.15) is 0 Å². The van der Waals surface area contributed by atoms with Crippen molar-refractivity contribution in [2.45, 2.75) is 399 Å². The number of carbonyl (C=O) groups is 3. The maximum absolute atomic E-state index is 13.0. The van der Waals surface area contributed by atoms with E-state index in [0.29, 0.717) is 26.1 Å². The van der Waals surface area contributed by atoms with E-state index in [9.17, 15) is 33.3 Å². The molecular weight excluding hydrogens is 1270 g/mol. The third-order valence-corrected chi connectivity index (χ3v) is 19.7. The van der Waals surface area contributed by atoms with Crippen LogP contribution in [-0.4, -0.2) is 95.9 Å². The molecule has 4 amide bonds. The summed E-state index contributed by atoms with van der Waals surface area (Å²) in [4.78, 5) is 64.2. The number of phosphoric ester groups is 2. The van der Waals surface area contributed by atoms with Crippen molar-refractivity contribution in [2.75, 3.05) is 65.9 Å². The molecule has 96 heavy (non-hydrogen) atoms. The number of phosphoric acid groups is 2. The molecule has 2 unspecified atom stereocenters. The van der Waals surface area contributed by atoms with Crippen LogP contribution in [0.4, 0.5) is 4.79 Å². The van der Waals surface area contributed by atoms with Crippen molar-refractivity contribution in [3.05, 3.63) is 0 Å². The SMILES string of the molecule is CCCCCCCCCCCCCCCCCCOC[C@@H](COP(=O)([O-])OCCNC(=O)NCCOP(=O)([O-])OC[C@H](COCCCCCCCCCCCCCCCCCC)NC(=O)CCCCCCCCCCCCC)NC(=O)CCCCCCCCCCCCC.[Na+].[Na+]. The molecule has 0 aliphatic heterocycles. The molecule has 0 fully saturated rings. The molecule has 560 valence electrons. The van der Waals surface area contributed by atoms with Crippen LogP contribution in [0.3, 0.4) is 0 Å². The van der Waals surface area contributed by atoms with E-state index in [1.165, 1.54) is 257 Å². The second kappa shape index (κ2) is 79.5. The Labute approximate surface area is 635 Å². The van der Waals surface area contributed by atoms with Crippen LogP contribution in [0.15, 0.2) is 0 Å². The fraction of sp³-hybridized carbons (Fsp3) is 0.960. The average Bonchev–Trinajstić information content (AvgIpc) is 1.41. The van der Waals surface area contributed by atoms with E-state index in [2.05, 4.69) is 49.0 Å². The summed E-state index contributed by atoms with van der Waals surface area (Å²) in [6, 6.07) is -2.12. The Morgan fingerprint density at radius 2 is 0.500 bits per heavy atom. The van der Waals surface area contributed by atoms with Crippen LogP contribution in [-0.2, 0) is 46.3 Å². The fourth-order valence-electron chi connectivity index (χ4n) is 11.9. The molecule has 0 aliphatic carbocycles. The van der Waals surface area contributed by atoms with Crippen LogP contribution < -0.4 is 90.2 Å². The Balaban J connectivity index is -0.0000432. The molecule has 0 bridgehead atoms. The number of carbonyl (C=O) groups excluding carboxylic acids is 3. The summed E-state index contributed by atoms with van der Waals surface area (Å²) >= 11 is 0. The number of unbranched alkanes of at least 4 members (excludes halogenated alkanes) is 50. The molecule has 0 aromatic carbocycles. The minimum absolute atomic E-state index is 0. The second-order valence-corrected chi connectivity index (χ2v) is 30.0. The number of hydrogen-bond donors (Lipinski definition) is 4. The minimum atomic E-state index is -4.84. The summed E-state index contributed by atoms with van der Waals surface area (Å²) in [5.41, 5.74) is 0. The van der Waals surface area contributed by atoms with E-state index < -0.39 is 47.0 Å². The number of amides is 4. The zero-order valence-electron chi connectivity index (χ0n) is 63.5. The van der Waals surface area contributed by atoms with Gasteiger partial charge in [0.25, 0.3) is 15.6 Å². The molecule has 21 heteroatoms. The van der Waals surface area contributed by atoms with Crippen LogP contribution >= 0.6 is 15.6 Å². The molecule has 0 spiro atoms. The summed E-state index contributed by atoms with van der Waals surface area (Å²) in [5, 5.41) is 10.8. The zero-order chi connectivity index (χ0) is 68.6. The summed E-state index contributed by atoms with van der Waals surface area (Å²) < 4.78 is 58.0. The molecule has 4 atom stereocenters. The van der Waals surface area contributed by atoms with E-state index in [0.717, 1.165) is 89.9 Å². The van der Waals surface area contributed by atoms with Crippen molar-refractivity contribution in [3.8, 4) is 0 Å². The van der Waals surface area contributed by atoms with Crippen molar-refractivity contribution in [1.82, 2.24) is 21.3 Å². The first kappa shape index (κ1) is 101. The Morgan fingerprint density at radius 3 is 0.729 bits per heavy atom. The Hall–Kier alpha value is 0.350. The van der Waals surface area contributed by atoms with Crippen molar-refractivity contribution in [3.63, 3.8) is 0 Å². The van der Waals surface area contributed by atoms with Crippen LogP contribution in [0.2, 0.25) is 0 Å². The normalized spacial score (nSPS) is 13.3. The van der Waals surface area contributed by atoms with Crippen molar-refractivity contribution in [1.29, 1.82) is 0 Å². The van der Waals surface area contributed by atoms with E-state index in [-0.39, 0.29) is 110 Å². The maximum Gasteiger partial charge on any atom is 1.00 e. The summed E-state index contributed by atoms with van der Waals surface area (Å²) in [5.74, 6) is -0.364. The van der Waals surface area contributed by atoms with Crippen LogP contribution in [0.1, 0.15) is 387 Å². The summed E-state index contributed by atoms with van der Waals surface area (Å²) in [6.45, 7) is 8.16.